The second kappa shape index (κ2) is 5.48. The van der Waals surface area contributed by atoms with E-state index in [1.165, 1.54) is 41.5 Å². The molecule has 1 heteroatoms. The standard InChI is InChI=1S/C22H32Si/c1-15-8-10-18(11-9-15)21-17(3)19-12-16(2)13-22(19,4)14-20(21)23(5,6)7/h8-11,16,19H,3,12-14H2,1-2,4-7H3/t16-,19+,22+/m0/s1. The Kier molecular flexibility index (Phi) is 3.99. The third-order valence-electron chi connectivity index (χ3n) is 6.16. The highest BCUT2D eigenvalue weighted by Crippen LogP contribution is 2.59. The van der Waals surface area contributed by atoms with Gasteiger partial charge in [-0.2, -0.15) is 0 Å². The van der Waals surface area contributed by atoms with Crippen LogP contribution in [0.25, 0.3) is 5.57 Å². The van der Waals surface area contributed by atoms with Gasteiger partial charge in [0.15, 0.2) is 0 Å². The Hall–Kier alpha value is -1.08. The summed E-state index contributed by atoms with van der Waals surface area (Å²) in [6.07, 6.45) is 3.98. The number of hydrogen-bond acceptors (Lipinski definition) is 0. The average Bonchev–Trinajstić information content (AvgIpc) is 2.74. The monoisotopic (exact) mass is 324 g/mol. The first kappa shape index (κ1) is 16.8. The molecule has 0 nitrogen and oxygen atoms in total. The molecule has 1 aromatic carbocycles. The minimum absolute atomic E-state index is 0.445. The maximum Gasteiger partial charge on any atom is 0.0732 e. The third kappa shape index (κ3) is 2.89. The summed E-state index contributed by atoms with van der Waals surface area (Å²) >= 11 is 0. The molecule has 0 aliphatic heterocycles. The van der Waals surface area contributed by atoms with Crippen LogP contribution in [0.3, 0.4) is 0 Å². The summed E-state index contributed by atoms with van der Waals surface area (Å²) in [5.41, 5.74) is 6.15. The summed E-state index contributed by atoms with van der Waals surface area (Å²) in [7, 11) is -1.37. The Morgan fingerprint density at radius 3 is 2.30 bits per heavy atom. The second-order valence-electron chi connectivity index (χ2n) is 9.42. The van der Waals surface area contributed by atoms with Crippen molar-refractivity contribution < 1.29 is 0 Å². The number of allylic oxidation sites excluding steroid dienone is 3. The molecule has 0 heterocycles. The Morgan fingerprint density at radius 2 is 1.74 bits per heavy atom. The molecule has 2 aliphatic rings. The molecule has 0 unspecified atom stereocenters. The lowest BCUT2D eigenvalue weighted by Crippen LogP contribution is -2.37. The van der Waals surface area contributed by atoms with E-state index < -0.39 is 8.07 Å². The Balaban J connectivity index is 2.17. The Labute approximate surface area is 143 Å². The lowest BCUT2D eigenvalue weighted by atomic mass is 9.67. The third-order valence-corrected chi connectivity index (χ3v) is 8.40. The van der Waals surface area contributed by atoms with Gasteiger partial charge < -0.3 is 0 Å². The summed E-state index contributed by atoms with van der Waals surface area (Å²) in [6, 6.07) is 9.14. The molecule has 0 N–H and O–H groups in total. The molecule has 23 heavy (non-hydrogen) atoms. The minimum atomic E-state index is -1.37. The molecule has 0 aromatic heterocycles. The largest absolute Gasteiger partial charge is 0.0949 e. The zero-order valence-corrected chi connectivity index (χ0v) is 16.8. The van der Waals surface area contributed by atoms with Crippen LogP contribution in [0, 0.1) is 24.2 Å². The lowest BCUT2D eigenvalue weighted by molar-refractivity contribution is 0.256. The second-order valence-corrected chi connectivity index (χ2v) is 14.5. The van der Waals surface area contributed by atoms with E-state index in [1.54, 1.807) is 5.20 Å². The fourth-order valence-corrected chi connectivity index (χ4v) is 7.04. The van der Waals surface area contributed by atoms with Gasteiger partial charge in [0.1, 0.15) is 0 Å². The van der Waals surface area contributed by atoms with E-state index >= 15 is 0 Å². The Morgan fingerprint density at radius 1 is 1.13 bits per heavy atom. The molecule has 3 atom stereocenters. The average molecular weight is 325 g/mol. The molecular weight excluding hydrogens is 292 g/mol. The van der Waals surface area contributed by atoms with Gasteiger partial charge >= 0.3 is 0 Å². The van der Waals surface area contributed by atoms with E-state index in [0.717, 1.165) is 5.92 Å². The topological polar surface area (TPSA) is 0 Å². The van der Waals surface area contributed by atoms with E-state index in [1.807, 2.05) is 0 Å². The van der Waals surface area contributed by atoms with E-state index in [-0.39, 0.29) is 0 Å². The van der Waals surface area contributed by atoms with Crippen molar-refractivity contribution >= 4 is 13.6 Å². The molecule has 2 aliphatic carbocycles. The zero-order chi connectivity index (χ0) is 17.0. The smallest absolute Gasteiger partial charge is 0.0732 e. The fraction of sp³-hybridized carbons (Fsp3) is 0.545. The van der Waals surface area contributed by atoms with Crippen LogP contribution in [-0.2, 0) is 0 Å². The van der Waals surface area contributed by atoms with Gasteiger partial charge in [-0.15, -0.1) is 0 Å². The number of hydrogen-bond donors (Lipinski definition) is 0. The van der Waals surface area contributed by atoms with E-state index in [0.29, 0.717) is 11.3 Å². The minimum Gasteiger partial charge on any atom is -0.0949 e. The molecule has 0 saturated heterocycles. The predicted molar refractivity (Wildman–Crippen MR) is 105 cm³/mol. The molecule has 0 amide bonds. The molecule has 3 rings (SSSR count). The summed E-state index contributed by atoms with van der Waals surface area (Å²) in [6.45, 7) is 19.3. The van der Waals surface area contributed by atoms with Gasteiger partial charge in [-0.05, 0) is 60.1 Å². The maximum absolute atomic E-state index is 4.64. The number of fused-ring (bicyclic) bond motifs is 1. The number of rotatable bonds is 2. The van der Waals surface area contributed by atoms with Crippen LogP contribution in [0.5, 0.6) is 0 Å². The number of benzene rings is 1. The molecule has 0 radical (unpaired) electrons. The van der Waals surface area contributed by atoms with Crippen molar-refractivity contribution in [2.45, 2.75) is 59.7 Å². The van der Waals surface area contributed by atoms with Gasteiger partial charge in [0, 0.05) is 0 Å². The summed E-state index contributed by atoms with van der Waals surface area (Å²) in [4.78, 5) is 0. The van der Waals surface area contributed by atoms with Gasteiger partial charge in [0.25, 0.3) is 0 Å². The molecule has 1 fully saturated rings. The SMILES string of the molecule is C=C1C(c2ccc(C)cc2)=C([Si](C)(C)C)C[C@@]2(C)C[C@@H](C)C[C@H]12. The summed E-state index contributed by atoms with van der Waals surface area (Å²) in [5, 5.41) is 1.75. The van der Waals surface area contributed by atoms with Gasteiger partial charge in [-0.3, -0.25) is 0 Å². The zero-order valence-electron chi connectivity index (χ0n) is 15.8. The van der Waals surface area contributed by atoms with Gasteiger partial charge in [-0.1, -0.05) is 75.1 Å². The van der Waals surface area contributed by atoms with Crippen LogP contribution < -0.4 is 0 Å². The highest BCUT2D eigenvalue weighted by atomic mass is 28.3. The summed E-state index contributed by atoms with van der Waals surface area (Å²) < 4.78 is 0. The van der Waals surface area contributed by atoms with Crippen molar-refractivity contribution in [3.8, 4) is 0 Å². The highest BCUT2D eigenvalue weighted by molar-refractivity contribution is 6.84. The van der Waals surface area contributed by atoms with Crippen LogP contribution in [0.15, 0.2) is 41.6 Å². The quantitative estimate of drug-likeness (QED) is 0.535. The summed E-state index contributed by atoms with van der Waals surface area (Å²) in [5.74, 6) is 1.51. The first-order valence-corrected chi connectivity index (χ1v) is 12.6. The van der Waals surface area contributed by atoms with E-state index in [9.17, 15) is 0 Å². The van der Waals surface area contributed by atoms with Crippen LogP contribution in [0.4, 0.5) is 0 Å². The van der Waals surface area contributed by atoms with Crippen molar-refractivity contribution in [3.63, 3.8) is 0 Å². The molecule has 1 saturated carbocycles. The van der Waals surface area contributed by atoms with Gasteiger partial charge in [0.05, 0.1) is 8.07 Å². The van der Waals surface area contributed by atoms with Crippen molar-refractivity contribution in [2.24, 2.45) is 17.3 Å². The Bertz CT molecular complexity index is 656. The first-order valence-electron chi connectivity index (χ1n) is 9.12. The van der Waals surface area contributed by atoms with Gasteiger partial charge in [0.2, 0.25) is 0 Å². The lowest BCUT2D eigenvalue weighted by Gasteiger charge is -2.44. The van der Waals surface area contributed by atoms with Crippen molar-refractivity contribution in [1.82, 2.24) is 0 Å². The number of aryl methyl sites for hydroxylation is 1. The maximum atomic E-state index is 4.64. The predicted octanol–water partition coefficient (Wildman–Crippen LogP) is 6.64. The van der Waals surface area contributed by atoms with Crippen LogP contribution in [-0.4, -0.2) is 8.07 Å². The molecule has 1 aromatic rings. The first-order chi connectivity index (χ1) is 10.6. The van der Waals surface area contributed by atoms with Crippen LogP contribution in [0.1, 0.15) is 44.2 Å². The molecule has 0 bridgehead atoms. The highest BCUT2D eigenvalue weighted by Gasteiger charge is 2.49. The van der Waals surface area contributed by atoms with Crippen molar-refractivity contribution in [3.05, 3.63) is 52.7 Å². The van der Waals surface area contributed by atoms with Gasteiger partial charge in [-0.25, -0.2) is 0 Å². The molecule has 0 spiro atoms. The normalized spacial score (nSPS) is 31.5. The molecular formula is C22H32Si. The van der Waals surface area contributed by atoms with E-state index in [4.69, 9.17) is 0 Å². The van der Waals surface area contributed by atoms with Crippen LogP contribution in [0.2, 0.25) is 19.6 Å². The van der Waals surface area contributed by atoms with Crippen molar-refractivity contribution in [1.29, 1.82) is 0 Å². The van der Waals surface area contributed by atoms with Crippen molar-refractivity contribution in [2.75, 3.05) is 0 Å². The van der Waals surface area contributed by atoms with E-state index in [2.05, 4.69) is 71.3 Å². The van der Waals surface area contributed by atoms with Crippen LogP contribution >= 0.6 is 0 Å². The fourth-order valence-electron chi connectivity index (χ4n) is 5.05. The molecule has 124 valence electrons.